The second-order valence-corrected chi connectivity index (χ2v) is 5.31. The van der Waals surface area contributed by atoms with Gasteiger partial charge in [0.2, 0.25) is 0 Å². The number of anilines is 1. The van der Waals surface area contributed by atoms with E-state index in [1.807, 2.05) is 43.3 Å². The maximum Gasteiger partial charge on any atom is 0.253 e. The summed E-state index contributed by atoms with van der Waals surface area (Å²) in [5, 5.41) is 4.34. The van der Waals surface area contributed by atoms with Crippen molar-refractivity contribution in [2.24, 2.45) is 0 Å². The van der Waals surface area contributed by atoms with Gasteiger partial charge in [0.25, 0.3) is 5.56 Å². The van der Waals surface area contributed by atoms with E-state index in [4.69, 9.17) is 0 Å². The first-order valence-electron chi connectivity index (χ1n) is 7.06. The molecule has 0 atom stereocenters. The molecule has 0 aliphatic rings. The van der Waals surface area contributed by atoms with Crippen molar-refractivity contribution in [3.63, 3.8) is 0 Å². The van der Waals surface area contributed by atoms with E-state index in [1.54, 1.807) is 0 Å². The highest BCUT2D eigenvalue weighted by Crippen LogP contribution is 2.19. The van der Waals surface area contributed by atoms with Gasteiger partial charge in [-0.25, -0.2) is 0 Å². The standard InChI is InChI=1S/C18H18N2O/c1-12-8-9-14-10-15(18(21)20-17(14)13(12)2)11-19-16-6-4-3-5-7-16/h3-10,19H,11H2,1-2H3,(H,20,21). The SMILES string of the molecule is Cc1ccc2cc(CNc3ccccc3)c(=O)[nH]c2c1C. The summed E-state index contributed by atoms with van der Waals surface area (Å²) in [6.07, 6.45) is 0. The molecular formula is C18H18N2O. The minimum atomic E-state index is -0.0281. The molecule has 0 saturated heterocycles. The van der Waals surface area contributed by atoms with Crippen molar-refractivity contribution in [3.8, 4) is 0 Å². The predicted molar refractivity (Wildman–Crippen MR) is 87.8 cm³/mol. The zero-order chi connectivity index (χ0) is 14.8. The van der Waals surface area contributed by atoms with Gasteiger partial charge < -0.3 is 10.3 Å². The summed E-state index contributed by atoms with van der Waals surface area (Å²) >= 11 is 0. The lowest BCUT2D eigenvalue weighted by molar-refractivity contribution is 1.09. The summed E-state index contributed by atoms with van der Waals surface area (Å²) < 4.78 is 0. The molecule has 3 nitrogen and oxygen atoms in total. The number of H-pyrrole nitrogens is 1. The number of hydrogen-bond acceptors (Lipinski definition) is 2. The second kappa shape index (κ2) is 5.44. The summed E-state index contributed by atoms with van der Waals surface area (Å²) in [7, 11) is 0. The van der Waals surface area contributed by atoms with Crippen molar-refractivity contribution in [2.45, 2.75) is 20.4 Å². The molecule has 3 aromatic rings. The van der Waals surface area contributed by atoms with Gasteiger partial charge in [0.05, 0.1) is 5.52 Å². The Morgan fingerprint density at radius 1 is 1.05 bits per heavy atom. The number of aryl methyl sites for hydroxylation is 2. The van der Waals surface area contributed by atoms with Crippen LogP contribution in [0.25, 0.3) is 10.9 Å². The maximum atomic E-state index is 12.2. The predicted octanol–water partition coefficient (Wildman–Crippen LogP) is 3.76. The molecule has 0 bridgehead atoms. The molecule has 1 aromatic heterocycles. The van der Waals surface area contributed by atoms with E-state index < -0.39 is 0 Å². The van der Waals surface area contributed by atoms with Gasteiger partial charge in [-0.1, -0.05) is 30.3 Å². The molecule has 1 heterocycles. The van der Waals surface area contributed by atoms with Crippen LogP contribution in [0.4, 0.5) is 5.69 Å². The fraction of sp³-hybridized carbons (Fsp3) is 0.167. The first-order chi connectivity index (χ1) is 10.1. The number of fused-ring (bicyclic) bond motifs is 1. The molecule has 3 heteroatoms. The number of nitrogens with one attached hydrogen (secondary N) is 2. The molecule has 0 unspecified atom stereocenters. The summed E-state index contributed by atoms with van der Waals surface area (Å²) in [6.45, 7) is 4.61. The van der Waals surface area contributed by atoms with Gasteiger partial charge >= 0.3 is 0 Å². The zero-order valence-electron chi connectivity index (χ0n) is 12.2. The molecule has 106 valence electrons. The van der Waals surface area contributed by atoms with Gasteiger partial charge in [-0.05, 0) is 48.6 Å². The van der Waals surface area contributed by atoms with Crippen LogP contribution in [0.3, 0.4) is 0 Å². The summed E-state index contributed by atoms with van der Waals surface area (Å²) in [6, 6.07) is 16.0. The van der Waals surface area contributed by atoms with Gasteiger partial charge in [0.1, 0.15) is 0 Å². The molecule has 2 N–H and O–H groups in total. The van der Waals surface area contributed by atoms with E-state index >= 15 is 0 Å². The average molecular weight is 278 g/mol. The Balaban J connectivity index is 1.95. The van der Waals surface area contributed by atoms with E-state index in [0.29, 0.717) is 6.54 Å². The van der Waals surface area contributed by atoms with Gasteiger partial charge in [-0.2, -0.15) is 0 Å². The minimum Gasteiger partial charge on any atom is -0.381 e. The molecule has 0 radical (unpaired) electrons. The highest BCUT2D eigenvalue weighted by atomic mass is 16.1. The normalized spacial score (nSPS) is 10.8. The van der Waals surface area contributed by atoms with E-state index in [9.17, 15) is 4.79 Å². The Labute approximate surface area is 123 Å². The highest BCUT2D eigenvalue weighted by Gasteiger charge is 2.06. The molecule has 0 aliphatic heterocycles. The van der Waals surface area contributed by atoms with Crippen LogP contribution in [0.15, 0.2) is 53.3 Å². The molecule has 0 aliphatic carbocycles. The van der Waals surface area contributed by atoms with Crippen LogP contribution in [0, 0.1) is 13.8 Å². The van der Waals surface area contributed by atoms with Gasteiger partial charge in [-0.3, -0.25) is 4.79 Å². The fourth-order valence-electron chi connectivity index (χ4n) is 2.45. The Kier molecular flexibility index (Phi) is 3.48. The molecular weight excluding hydrogens is 260 g/mol. The van der Waals surface area contributed by atoms with Crippen molar-refractivity contribution in [2.75, 3.05) is 5.32 Å². The number of pyridine rings is 1. The van der Waals surface area contributed by atoms with Crippen molar-refractivity contribution in [1.29, 1.82) is 0 Å². The largest absolute Gasteiger partial charge is 0.381 e. The van der Waals surface area contributed by atoms with Crippen LogP contribution in [-0.2, 0) is 6.54 Å². The topological polar surface area (TPSA) is 44.9 Å². The lowest BCUT2D eigenvalue weighted by atomic mass is 10.0. The van der Waals surface area contributed by atoms with E-state index in [0.717, 1.165) is 27.7 Å². The fourth-order valence-corrected chi connectivity index (χ4v) is 2.45. The Hall–Kier alpha value is -2.55. The smallest absolute Gasteiger partial charge is 0.253 e. The molecule has 3 rings (SSSR count). The van der Waals surface area contributed by atoms with Crippen molar-refractivity contribution in [3.05, 3.63) is 75.6 Å². The zero-order valence-corrected chi connectivity index (χ0v) is 12.2. The molecule has 0 amide bonds. The van der Waals surface area contributed by atoms with Crippen LogP contribution in [0.5, 0.6) is 0 Å². The quantitative estimate of drug-likeness (QED) is 0.766. The summed E-state index contributed by atoms with van der Waals surface area (Å²) in [5.41, 5.74) is 4.98. The average Bonchev–Trinajstić information content (AvgIpc) is 2.51. The Bertz CT molecular complexity index is 835. The minimum absolute atomic E-state index is 0.0281. The number of para-hydroxylation sites is 1. The van der Waals surface area contributed by atoms with E-state index in [2.05, 4.69) is 29.4 Å². The first-order valence-corrected chi connectivity index (χ1v) is 7.06. The van der Waals surface area contributed by atoms with Crippen LogP contribution < -0.4 is 10.9 Å². The number of aromatic amines is 1. The van der Waals surface area contributed by atoms with E-state index in [-0.39, 0.29) is 5.56 Å². The number of hydrogen-bond donors (Lipinski definition) is 2. The van der Waals surface area contributed by atoms with E-state index in [1.165, 1.54) is 5.56 Å². The van der Waals surface area contributed by atoms with Crippen LogP contribution in [0.1, 0.15) is 16.7 Å². The number of aromatic nitrogens is 1. The van der Waals surface area contributed by atoms with Crippen LogP contribution in [-0.4, -0.2) is 4.98 Å². The lowest BCUT2D eigenvalue weighted by Crippen LogP contribution is -2.16. The second-order valence-electron chi connectivity index (χ2n) is 5.31. The lowest BCUT2D eigenvalue weighted by Gasteiger charge is -2.09. The van der Waals surface area contributed by atoms with Crippen LogP contribution in [0.2, 0.25) is 0 Å². The highest BCUT2D eigenvalue weighted by molar-refractivity contribution is 5.83. The molecule has 0 saturated carbocycles. The third kappa shape index (κ3) is 2.68. The third-order valence-electron chi connectivity index (χ3n) is 3.88. The first kappa shape index (κ1) is 13.4. The summed E-state index contributed by atoms with van der Waals surface area (Å²) in [5.74, 6) is 0. The Morgan fingerprint density at radius 2 is 1.81 bits per heavy atom. The third-order valence-corrected chi connectivity index (χ3v) is 3.88. The van der Waals surface area contributed by atoms with Crippen molar-refractivity contribution >= 4 is 16.6 Å². The summed E-state index contributed by atoms with van der Waals surface area (Å²) in [4.78, 5) is 15.2. The molecule has 21 heavy (non-hydrogen) atoms. The monoisotopic (exact) mass is 278 g/mol. The molecule has 2 aromatic carbocycles. The van der Waals surface area contributed by atoms with Crippen molar-refractivity contribution in [1.82, 2.24) is 4.98 Å². The maximum absolute atomic E-state index is 12.2. The number of rotatable bonds is 3. The van der Waals surface area contributed by atoms with Crippen LogP contribution >= 0.6 is 0 Å². The van der Waals surface area contributed by atoms with Gasteiger partial charge in [-0.15, -0.1) is 0 Å². The molecule has 0 fully saturated rings. The Morgan fingerprint density at radius 3 is 2.57 bits per heavy atom. The van der Waals surface area contributed by atoms with Gasteiger partial charge in [0, 0.05) is 17.8 Å². The molecule has 0 spiro atoms. The van der Waals surface area contributed by atoms with Crippen molar-refractivity contribution < 1.29 is 0 Å². The van der Waals surface area contributed by atoms with Gasteiger partial charge in [0.15, 0.2) is 0 Å². The number of benzene rings is 2.